The van der Waals surface area contributed by atoms with Gasteiger partial charge in [-0.25, -0.2) is 0 Å². The van der Waals surface area contributed by atoms with Gasteiger partial charge in [0.25, 0.3) is 0 Å². The molecule has 3 aromatic rings. The summed E-state index contributed by atoms with van der Waals surface area (Å²) in [6.07, 6.45) is 3.46. The predicted molar refractivity (Wildman–Crippen MR) is 111 cm³/mol. The Kier molecular flexibility index (Phi) is 5.44. The van der Waals surface area contributed by atoms with Crippen molar-refractivity contribution in [3.63, 3.8) is 0 Å². The lowest BCUT2D eigenvalue weighted by Crippen LogP contribution is -2.41. The Morgan fingerprint density at radius 3 is 2.86 bits per heavy atom. The van der Waals surface area contributed by atoms with E-state index >= 15 is 0 Å². The number of fused-ring (bicyclic) bond motifs is 1. The molecule has 0 bridgehead atoms. The van der Waals surface area contributed by atoms with Crippen LogP contribution in [0.3, 0.4) is 0 Å². The number of ether oxygens (including phenoxy) is 2. The quantitative estimate of drug-likeness (QED) is 0.688. The minimum Gasteiger partial charge on any atom is -0.497 e. The number of nitrogens with one attached hydrogen (secondary N) is 1. The van der Waals surface area contributed by atoms with E-state index in [-0.39, 0.29) is 11.8 Å². The van der Waals surface area contributed by atoms with Gasteiger partial charge in [-0.05, 0) is 37.1 Å². The number of nitrogens with zero attached hydrogens (tertiary/aromatic N) is 4. The second-order valence-corrected chi connectivity index (χ2v) is 7.35. The van der Waals surface area contributed by atoms with E-state index in [0.29, 0.717) is 34.7 Å². The summed E-state index contributed by atoms with van der Waals surface area (Å²) in [6.45, 7) is 1.35. The zero-order chi connectivity index (χ0) is 20.4. The fraction of sp³-hybridized carbons (Fsp3) is 0.350. The van der Waals surface area contributed by atoms with E-state index in [0.717, 1.165) is 25.0 Å². The second kappa shape index (κ2) is 8.16. The van der Waals surface area contributed by atoms with Crippen LogP contribution in [0.15, 0.2) is 36.5 Å². The van der Waals surface area contributed by atoms with Crippen molar-refractivity contribution in [2.45, 2.75) is 12.8 Å². The van der Waals surface area contributed by atoms with Gasteiger partial charge in [-0.3, -0.25) is 9.20 Å². The Morgan fingerprint density at radius 1 is 1.21 bits per heavy atom. The predicted octanol–water partition coefficient (Wildman–Crippen LogP) is 3.26. The van der Waals surface area contributed by atoms with Gasteiger partial charge in [-0.1, -0.05) is 11.6 Å². The standard InChI is InChI=1S/C20H22ClN5O3/c1-28-15-6-7-17(29-2)16(10-15)22-19(27)13-4-3-9-25(11-13)20-24-23-18-8-5-14(21)12-26(18)20/h5-8,10,12-13H,3-4,9,11H2,1-2H3,(H,22,27). The summed E-state index contributed by atoms with van der Waals surface area (Å²) in [5, 5.41) is 12.1. The molecular formula is C20H22ClN5O3. The van der Waals surface area contributed by atoms with Crippen molar-refractivity contribution in [1.82, 2.24) is 14.6 Å². The van der Waals surface area contributed by atoms with Gasteiger partial charge in [0.05, 0.1) is 30.8 Å². The first-order valence-electron chi connectivity index (χ1n) is 9.37. The maximum Gasteiger partial charge on any atom is 0.231 e. The molecule has 1 amide bonds. The lowest BCUT2D eigenvalue weighted by molar-refractivity contribution is -0.120. The third-order valence-corrected chi connectivity index (χ3v) is 5.31. The third kappa shape index (κ3) is 3.93. The highest BCUT2D eigenvalue weighted by Gasteiger charge is 2.28. The van der Waals surface area contributed by atoms with Gasteiger partial charge < -0.3 is 19.7 Å². The summed E-state index contributed by atoms with van der Waals surface area (Å²) in [7, 11) is 3.16. The van der Waals surface area contributed by atoms with E-state index in [2.05, 4.69) is 20.4 Å². The first kappa shape index (κ1) is 19.3. The van der Waals surface area contributed by atoms with Crippen LogP contribution >= 0.6 is 11.6 Å². The summed E-state index contributed by atoms with van der Waals surface area (Å²) in [5.74, 6) is 1.68. The number of piperidine rings is 1. The number of hydrogen-bond acceptors (Lipinski definition) is 6. The first-order valence-corrected chi connectivity index (χ1v) is 9.75. The average molecular weight is 416 g/mol. The molecule has 9 heteroatoms. The van der Waals surface area contributed by atoms with Gasteiger partial charge in [0, 0.05) is 25.4 Å². The average Bonchev–Trinajstić information content (AvgIpc) is 3.16. The summed E-state index contributed by atoms with van der Waals surface area (Å²) >= 11 is 6.13. The van der Waals surface area contributed by atoms with Gasteiger partial charge >= 0.3 is 0 Å². The Bertz CT molecular complexity index is 1040. The number of aromatic nitrogens is 3. The lowest BCUT2D eigenvalue weighted by Gasteiger charge is -2.32. The molecule has 152 valence electrons. The van der Waals surface area contributed by atoms with Crippen molar-refractivity contribution in [3.05, 3.63) is 41.6 Å². The van der Waals surface area contributed by atoms with E-state index in [1.807, 2.05) is 10.5 Å². The molecule has 1 saturated heterocycles. The van der Waals surface area contributed by atoms with Crippen LogP contribution in [0.25, 0.3) is 5.65 Å². The highest BCUT2D eigenvalue weighted by molar-refractivity contribution is 6.30. The van der Waals surface area contributed by atoms with Gasteiger partial charge in [0.2, 0.25) is 11.9 Å². The summed E-state index contributed by atoms with van der Waals surface area (Å²) < 4.78 is 12.5. The fourth-order valence-corrected chi connectivity index (χ4v) is 3.75. The molecule has 1 aliphatic rings. The molecule has 1 aromatic carbocycles. The molecule has 1 fully saturated rings. The number of hydrogen-bond donors (Lipinski definition) is 1. The van der Waals surface area contributed by atoms with E-state index in [1.54, 1.807) is 44.7 Å². The highest BCUT2D eigenvalue weighted by atomic mass is 35.5. The molecule has 2 aromatic heterocycles. The minimum atomic E-state index is -0.189. The van der Waals surface area contributed by atoms with Gasteiger partial charge in [-0.2, -0.15) is 0 Å². The van der Waals surface area contributed by atoms with Gasteiger partial charge in [-0.15, -0.1) is 10.2 Å². The van der Waals surface area contributed by atoms with Crippen LogP contribution in [0.1, 0.15) is 12.8 Å². The maximum absolute atomic E-state index is 13.0. The molecule has 29 heavy (non-hydrogen) atoms. The van der Waals surface area contributed by atoms with Gasteiger partial charge in [0.15, 0.2) is 5.65 Å². The summed E-state index contributed by atoms with van der Waals surface area (Å²) in [4.78, 5) is 15.0. The Hall–Kier alpha value is -3.00. The van der Waals surface area contributed by atoms with Crippen LogP contribution in [-0.4, -0.2) is 47.8 Å². The molecule has 1 unspecified atom stereocenters. The number of methoxy groups -OCH3 is 2. The molecule has 1 atom stereocenters. The normalized spacial score (nSPS) is 16.7. The molecule has 3 heterocycles. The van der Waals surface area contributed by atoms with E-state index < -0.39 is 0 Å². The molecule has 0 radical (unpaired) electrons. The van der Waals surface area contributed by atoms with Crippen LogP contribution in [0.2, 0.25) is 5.02 Å². The number of pyridine rings is 1. The minimum absolute atomic E-state index is 0.0619. The third-order valence-electron chi connectivity index (χ3n) is 5.09. The monoisotopic (exact) mass is 415 g/mol. The lowest BCUT2D eigenvalue weighted by atomic mass is 9.97. The Labute approximate surface area is 173 Å². The SMILES string of the molecule is COc1ccc(OC)c(NC(=O)C2CCCN(c3nnc4ccc(Cl)cn34)C2)c1. The molecular weight excluding hydrogens is 394 g/mol. The number of carbonyl (C=O) groups is 1. The molecule has 1 aliphatic heterocycles. The largest absolute Gasteiger partial charge is 0.497 e. The molecule has 1 N–H and O–H groups in total. The maximum atomic E-state index is 13.0. The number of anilines is 2. The van der Waals surface area contributed by atoms with Crippen LogP contribution in [0.4, 0.5) is 11.6 Å². The number of halogens is 1. The van der Waals surface area contributed by atoms with Crippen molar-refractivity contribution in [2.24, 2.45) is 5.92 Å². The molecule has 4 rings (SSSR count). The van der Waals surface area contributed by atoms with Crippen LogP contribution in [0.5, 0.6) is 11.5 Å². The molecule has 0 saturated carbocycles. The fourth-order valence-electron chi connectivity index (χ4n) is 3.59. The van der Waals surface area contributed by atoms with Crippen LogP contribution < -0.4 is 19.7 Å². The summed E-state index contributed by atoms with van der Waals surface area (Å²) in [5.41, 5.74) is 1.31. The topological polar surface area (TPSA) is 81.0 Å². The highest BCUT2D eigenvalue weighted by Crippen LogP contribution is 2.30. The number of carbonyl (C=O) groups excluding carboxylic acids is 1. The van der Waals surface area contributed by atoms with Crippen molar-refractivity contribution in [3.8, 4) is 11.5 Å². The number of rotatable bonds is 5. The van der Waals surface area contributed by atoms with Gasteiger partial charge in [0.1, 0.15) is 11.5 Å². The second-order valence-electron chi connectivity index (χ2n) is 6.92. The van der Waals surface area contributed by atoms with E-state index in [1.165, 1.54) is 0 Å². The van der Waals surface area contributed by atoms with Crippen LogP contribution in [0, 0.1) is 5.92 Å². The molecule has 0 aliphatic carbocycles. The van der Waals surface area contributed by atoms with Crippen LogP contribution in [-0.2, 0) is 4.79 Å². The van der Waals surface area contributed by atoms with Crippen molar-refractivity contribution < 1.29 is 14.3 Å². The van der Waals surface area contributed by atoms with E-state index in [9.17, 15) is 4.79 Å². The number of amides is 1. The number of benzene rings is 1. The zero-order valence-electron chi connectivity index (χ0n) is 16.3. The zero-order valence-corrected chi connectivity index (χ0v) is 17.0. The van der Waals surface area contributed by atoms with Crippen molar-refractivity contribution in [1.29, 1.82) is 0 Å². The van der Waals surface area contributed by atoms with E-state index in [4.69, 9.17) is 21.1 Å². The summed E-state index contributed by atoms with van der Waals surface area (Å²) in [6, 6.07) is 8.92. The van der Waals surface area contributed by atoms with Crippen molar-refractivity contribution in [2.75, 3.05) is 37.5 Å². The Morgan fingerprint density at radius 2 is 2.07 bits per heavy atom. The first-order chi connectivity index (χ1) is 14.1. The smallest absolute Gasteiger partial charge is 0.231 e. The molecule has 0 spiro atoms. The molecule has 8 nitrogen and oxygen atoms in total. The Balaban J connectivity index is 1.52. The van der Waals surface area contributed by atoms with Crippen molar-refractivity contribution >= 4 is 34.8 Å².